The summed E-state index contributed by atoms with van der Waals surface area (Å²) >= 11 is 0. The highest BCUT2D eigenvalue weighted by Gasteiger charge is 2.11. The van der Waals surface area contributed by atoms with Gasteiger partial charge in [-0.1, -0.05) is 0 Å². The van der Waals surface area contributed by atoms with Crippen LogP contribution in [0.3, 0.4) is 0 Å². The van der Waals surface area contributed by atoms with Gasteiger partial charge in [0.15, 0.2) is 11.5 Å². The minimum Gasteiger partial charge on any atom is -0.493 e. The Hall–Kier alpha value is -2.01. The number of hydrogen-bond donors (Lipinski definition) is 1. The lowest BCUT2D eigenvalue weighted by atomic mass is 10.1. The van der Waals surface area contributed by atoms with Gasteiger partial charge in [-0.05, 0) is 31.0 Å². The first kappa shape index (κ1) is 14.4. The van der Waals surface area contributed by atoms with Crippen LogP contribution in [0.2, 0.25) is 0 Å². The van der Waals surface area contributed by atoms with Crippen LogP contribution >= 0.6 is 0 Å². The molecule has 20 heavy (non-hydrogen) atoms. The Labute approximate surface area is 117 Å². The third kappa shape index (κ3) is 2.63. The number of aliphatic hydroxyl groups is 1. The van der Waals surface area contributed by atoms with E-state index in [9.17, 15) is 4.79 Å². The summed E-state index contributed by atoms with van der Waals surface area (Å²) in [4.78, 5) is 12.4. The molecule has 0 fully saturated rings. The third-order valence-corrected chi connectivity index (χ3v) is 3.30. The van der Waals surface area contributed by atoms with Crippen molar-refractivity contribution in [2.24, 2.45) is 0 Å². The second-order valence-electron chi connectivity index (χ2n) is 4.51. The van der Waals surface area contributed by atoms with Crippen LogP contribution in [0.1, 0.15) is 12.8 Å². The van der Waals surface area contributed by atoms with E-state index in [-0.39, 0.29) is 12.2 Å². The van der Waals surface area contributed by atoms with Crippen LogP contribution in [0.25, 0.3) is 10.8 Å². The number of methoxy groups -OCH3 is 2. The molecule has 2 aromatic rings. The lowest BCUT2D eigenvalue weighted by Gasteiger charge is -2.12. The van der Waals surface area contributed by atoms with Crippen LogP contribution in [-0.4, -0.2) is 30.5 Å². The Balaban J connectivity index is 2.49. The fourth-order valence-corrected chi connectivity index (χ4v) is 2.26. The molecule has 0 aliphatic heterocycles. The van der Waals surface area contributed by atoms with E-state index in [0.29, 0.717) is 29.9 Å². The summed E-state index contributed by atoms with van der Waals surface area (Å²) in [6.07, 6.45) is 3.22. The molecular formula is C15H19NO4. The normalized spacial score (nSPS) is 10.8. The standard InChI is InChI=1S/C15H19NO4/c1-19-13-6-5-12-11(14(13)20-2)7-9-16(15(12)18)8-3-4-10-17/h5-7,9,17H,3-4,8,10H2,1-2H3. The van der Waals surface area contributed by atoms with Crippen molar-refractivity contribution in [3.05, 3.63) is 34.7 Å². The van der Waals surface area contributed by atoms with Crippen molar-refractivity contribution in [3.63, 3.8) is 0 Å². The van der Waals surface area contributed by atoms with Gasteiger partial charge in [0.1, 0.15) is 0 Å². The number of hydrogen-bond acceptors (Lipinski definition) is 4. The van der Waals surface area contributed by atoms with E-state index in [1.807, 2.05) is 6.07 Å². The number of fused-ring (bicyclic) bond motifs is 1. The smallest absolute Gasteiger partial charge is 0.258 e. The molecule has 0 atom stereocenters. The maximum absolute atomic E-state index is 12.4. The maximum atomic E-state index is 12.4. The first-order chi connectivity index (χ1) is 9.72. The van der Waals surface area contributed by atoms with Crippen LogP contribution in [-0.2, 0) is 6.54 Å². The quantitative estimate of drug-likeness (QED) is 0.818. The highest BCUT2D eigenvalue weighted by molar-refractivity contribution is 5.90. The molecule has 5 nitrogen and oxygen atoms in total. The van der Waals surface area contributed by atoms with Crippen LogP contribution in [0.4, 0.5) is 0 Å². The number of aliphatic hydroxyl groups excluding tert-OH is 1. The van der Waals surface area contributed by atoms with E-state index in [0.717, 1.165) is 11.8 Å². The van der Waals surface area contributed by atoms with Crippen molar-refractivity contribution in [3.8, 4) is 11.5 Å². The highest BCUT2D eigenvalue weighted by Crippen LogP contribution is 2.33. The summed E-state index contributed by atoms with van der Waals surface area (Å²) < 4.78 is 12.2. The molecule has 0 aliphatic rings. The zero-order chi connectivity index (χ0) is 14.5. The van der Waals surface area contributed by atoms with Gasteiger partial charge in [-0.25, -0.2) is 0 Å². The minimum atomic E-state index is -0.0543. The van der Waals surface area contributed by atoms with Crippen LogP contribution in [0, 0.1) is 0 Å². The molecule has 0 unspecified atom stereocenters. The van der Waals surface area contributed by atoms with Gasteiger partial charge in [0.2, 0.25) is 0 Å². The van der Waals surface area contributed by atoms with Crippen molar-refractivity contribution in [2.45, 2.75) is 19.4 Å². The largest absolute Gasteiger partial charge is 0.493 e. The molecule has 2 rings (SSSR count). The lowest BCUT2D eigenvalue weighted by molar-refractivity contribution is 0.281. The van der Waals surface area contributed by atoms with Gasteiger partial charge in [-0.2, -0.15) is 0 Å². The average molecular weight is 277 g/mol. The second-order valence-corrected chi connectivity index (χ2v) is 4.51. The molecule has 0 radical (unpaired) electrons. The summed E-state index contributed by atoms with van der Waals surface area (Å²) in [5.41, 5.74) is -0.0543. The summed E-state index contributed by atoms with van der Waals surface area (Å²) in [7, 11) is 3.13. The number of benzene rings is 1. The molecule has 1 aromatic heterocycles. The zero-order valence-corrected chi connectivity index (χ0v) is 11.8. The van der Waals surface area contributed by atoms with E-state index in [1.54, 1.807) is 37.1 Å². The predicted molar refractivity (Wildman–Crippen MR) is 77.6 cm³/mol. The van der Waals surface area contributed by atoms with Crippen molar-refractivity contribution in [2.75, 3.05) is 20.8 Å². The van der Waals surface area contributed by atoms with Crippen molar-refractivity contribution < 1.29 is 14.6 Å². The topological polar surface area (TPSA) is 60.7 Å². The molecule has 0 bridgehead atoms. The summed E-state index contributed by atoms with van der Waals surface area (Å²) in [5.74, 6) is 1.18. The van der Waals surface area contributed by atoms with Gasteiger partial charge in [0.25, 0.3) is 5.56 Å². The Morgan fingerprint density at radius 2 is 1.90 bits per heavy atom. The molecule has 1 heterocycles. The van der Waals surface area contributed by atoms with Crippen molar-refractivity contribution >= 4 is 10.8 Å². The van der Waals surface area contributed by atoms with Crippen molar-refractivity contribution in [1.29, 1.82) is 0 Å². The molecule has 5 heteroatoms. The minimum absolute atomic E-state index is 0.0543. The van der Waals surface area contributed by atoms with Gasteiger partial charge < -0.3 is 19.1 Å². The predicted octanol–water partition coefficient (Wildman–Crippen LogP) is 1.79. The number of ether oxygens (including phenoxy) is 2. The van der Waals surface area contributed by atoms with Gasteiger partial charge in [0, 0.05) is 24.7 Å². The van der Waals surface area contributed by atoms with Crippen LogP contribution in [0.15, 0.2) is 29.2 Å². The zero-order valence-electron chi connectivity index (χ0n) is 11.8. The summed E-state index contributed by atoms with van der Waals surface area (Å²) in [6.45, 7) is 0.747. The van der Waals surface area contributed by atoms with E-state index in [2.05, 4.69) is 0 Å². The molecule has 1 aromatic carbocycles. The highest BCUT2D eigenvalue weighted by atomic mass is 16.5. The van der Waals surface area contributed by atoms with Crippen molar-refractivity contribution in [1.82, 2.24) is 4.57 Å². The molecule has 108 valence electrons. The Morgan fingerprint density at radius 3 is 2.55 bits per heavy atom. The molecule has 0 spiro atoms. The first-order valence-electron chi connectivity index (χ1n) is 6.58. The molecule has 0 aliphatic carbocycles. The number of aromatic nitrogens is 1. The van der Waals surface area contributed by atoms with Gasteiger partial charge >= 0.3 is 0 Å². The fraction of sp³-hybridized carbons (Fsp3) is 0.400. The number of unbranched alkanes of at least 4 members (excludes halogenated alkanes) is 1. The Bertz CT molecular complexity index is 648. The average Bonchev–Trinajstić information content (AvgIpc) is 2.48. The maximum Gasteiger partial charge on any atom is 0.258 e. The Kier molecular flexibility index (Phi) is 4.63. The van der Waals surface area contributed by atoms with E-state index in [1.165, 1.54) is 0 Å². The number of aryl methyl sites for hydroxylation is 1. The monoisotopic (exact) mass is 277 g/mol. The lowest BCUT2D eigenvalue weighted by Crippen LogP contribution is -2.19. The van der Waals surface area contributed by atoms with Gasteiger partial charge in [0.05, 0.1) is 19.6 Å². The van der Waals surface area contributed by atoms with E-state index < -0.39 is 0 Å². The summed E-state index contributed by atoms with van der Waals surface area (Å²) in [5, 5.41) is 10.1. The number of pyridine rings is 1. The van der Waals surface area contributed by atoms with E-state index in [4.69, 9.17) is 14.6 Å². The first-order valence-corrected chi connectivity index (χ1v) is 6.58. The Morgan fingerprint density at radius 1 is 1.10 bits per heavy atom. The van der Waals surface area contributed by atoms with Crippen LogP contribution in [0.5, 0.6) is 11.5 Å². The van der Waals surface area contributed by atoms with Gasteiger partial charge in [-0.15, -0.1) is 0 Å². The third-order valence-electron chi connectivity index (χ3n) is 3.30. The van der Waals surface area contributed by atoms with Gasteiger partial charge in [-0.3, -0.25) is 4.79 Å². The molecule has 0 saturated carbocycles. The molecule has 1 N–H and O–H groups in total. The number of nitrogens with zero attached hydrogens (tertiary/aromatic N) is 1. The number of rotatable bonds is 6. The molecule has 0 saturated heterocycles. The fourth-order valence-electron chi connectivity index (χ4n) is 2.26. The SMILES string of the molecule is COc1ccc2c(=O)n(CCCCO)ccc2c1OC. The second kappa shape index (κ2) is 6.43. The summed E-state index contributed by atoms with van der Waals surface area (Å²) in [6, 6.07) is 5.35. The van der Waals surface area contributed by atoms with E-state index >= 15 is 0 Å². The molecular weight excluding hydrogens is 258 g/mol. The van der Waals surface area contributed by atoms with Crippen LogP contribution < -0.4 is 15.0 Å². The molecule has 0 amide bonds.